The number of aliphatic hydroxyl groups excluding tert-OH is 3. The molecule has 0 fully saturated rings. The summed E-state index contributed by atoms with van der Waals surface area (Å²) in [5.74, 6) is 1.30. The Morgan fingerprint density at radius 1 is 0.925 bits per heavy atom. The van der Waals surface area contributed by atoms with Crippen LogP contribution in [-0.2, 0) is 19.3 Å². The van der Waals surface area contributed by atoms with Crippen LogP contribution in [0.3, 0.4) is 0 Å². The highest BCUT2D eigenvalue weighted by molar-refractivity contribution is 5.93. The maximum Gasteiger partial charge on any atom is 0.200 e. The van der Waals surface area contributed by atoms with Crippen molar-refractivity contribution in [1.82, 2.24) is 10.6 Å². The fourth-order valence-corrected chi connectivity index (χ4v) is 7.70. The molecule has 0 spiro atoms. The van der Waals surface area contributed by atoms with E-state index in [0.717, 1.165) is 34.4 Å². The molecule has 4 aromatic rings. The van der Waals surface area contributed by atoms with Gasteiger partial charge in [-0.05, 0) is 61.7 Å². The molecular weight excluding hydrogens is 678 g/mol. The van der Waals surface area contributed by atoms with Crippen molar-refractivity contribution in [2.75, 3.05) is 65.7 Å². The molecule has 0 saturated carbocycles. The molecule has 12 heteroatoms. The van der Waals surface area contributed by atoms with Crippen molar-refractivity contribution in [1.29, 1.82) is 0 Å². The predicted molar refractivity (Wildman–Crippen MR) is 201 cm³/mol. The summed E-state index contributed by atoms with van der Waals surface area (Å²) in [5, 5.41) is 54.5. The Hall–Kier alpha value is -4.72. The quantitative estimate of drug-likeness (QED) is 0.0637. The van der Waals surface area contributed by atoms with E-state index >= 15 is 0 Å². The Morgan fingerprint density at radius 2 is 1.72 bits per heavy atom. The second-order valence-electron chi connectivity index (χ2n) is 13.7. The van der Waals surface area contributed by atoms with Gasteiger partial charge in [0.05, 0.1) is 32.0 Å². The molecule has 7 N–H and O–H groups in total. The minimum atomic E-state index is -1.04. The molecule has 0 radical (unpaired) electrons. The van der Waals surface area contributed by atoms with Gasteiger partial charge in [-0.25, -0.2) is 0 Å². The summed E-state index contributed by atoms with van der Waals surface area (Å²) < 4.78 is 30.5. The van der Waals surface area contributed by atoms with Crippen LogP contribution >= 0.6 is 0 Å². The molecule has 2 heterocycles. The predicted octanol–water partition coefficient (Wildman–Crippen LogP) is 4.57. The van der Waals surface area contributed by atoms with Crippen LogP contribution in [0.5, 0.6) is 34.5 Å². The van der Waals surface area contributed by atoms with Crippen LogP contribution < -0.4 is 39.6 Å². The lowest BCUT2D eigenvalue weighted by Crippen LogP contribution is -2.29. The monoisotopic (exact) mass is 727 g/mol. The van der Waals surface area contributed by atoms with Gasteiger partial charge in [0, 0.05) is 65.1 Å². The Balaban J connectivity index is 1.24. The second-order valence-corrected chi connectivity index (χ2v) is 13.7. The van der Waals surface area contributed by atoms with Crippen LogP contribution in [-0.4, -0.2) is 80.8 Å². The summed E-state index contributed by atoms with van der Waals surface area (Å²) in [6.07, 6.45) is -0.165. The number of likely N-dealkylation sites (N-methyl/N-ethyl adjacent to an activating group) is 1. The molecule has 4 unspecified atom stereocenters. The molecule has 1 aliphatic carbocycles. The van der Waals surface area contributed by atoms with Crippen molar-refractivity contribution < 1.29 is 44.1 Å². The van der Waals surface area contributed by atoms with E-state index in [1.807, 2.05) is 56.4 Å². The molecule has 0 bridgehead atoms. The molecule has 2 aliphatic heterocycles. The third-order valence-electron chi connectivity index (χ3n) is 10.4. The number of hydrogen-bond donors (Lipinski definition) is 7. The first-order valence-corrected chi connectivity index (χ1v) is 18.3. The standard InChI is InChI=1S/C41H49N3O9/c1-4-43-22-53-32-18-30(50-13-12-42-2)26-10-11-27-35-29(44-41(48)38(32)37(26)35)17-31-36(27)39(46)28(21-52-31)25-15-33(49-3)40(47)34(16-25)51-20-24(19-45)14-23-8-6-5-7-9-23/h5-9,15-18,24,28,39,41-48H,4,10-14,19-22H2,1-3H3. The van der Waals surface area contributed by atoms with Crippen LogP contribution in [0, 0.1) is 5.92 Å². The zero-order valence-electron chi connectivity index (χ0n) is 30.4. The van der Waals surface area contributed by atoms with Crippen molar-refractivity contribution in [3.8, 4) is 45.6 Å². The number of aromatic hydroxyl groups is 1. The minimum Gasteiger partial charge on any atom is -0.502 e. The number of benzene rings is 4. The molecule has 0 saturated heterocycles. The number of fused-ring (bicyclic) bond motifs is 2. The van der Waals surface area contributed by atoms with E-state index in [-0.39, 0.29) is 49.7 Å². The van der Waals surface area contributed by atoms with Crippen molar-refractivity contribution in [3.63, 3.8) is 0 Å². The molecule has 282 valence electrons. The molecule has 0 aromatic heterocycles. The van der Waals surface area contributed by atoms with Crippen molar-refractivity contribution in [2.24, 2.45) is 5.92 Å². The Morgan fingerprint density at radius 3 is 2.47 bits per heavy atom. The number of aliphatic hydroxyl groups is 3. The highest BCUT2D eigenvalue weighted by Gasteiger charge is 2.41. The van der Waals surface area contributed by atoms with Gasteiger partial charge in [0.1, 0.15) is 30.6 Å². The van der Waals surface area contributed by atoms with Gasteiger partial charge in [0.25, 0.3) is 0 Å². The lowest BCUT2D eigenvalue weighted by atomic mass is 9.74. The van der Waals surface area contributed by atoms with E-state index in [1.165, 1.54) is 7.11 Å². The van der Waals surface area contributed by atoms with Gasteiger partial charge in [0.2, 0.25) is 5.75 Å². The molecular formula is C41H49N3O9. The first-order chi connectivity index (χ1) is 25.9. The molecule has 7 rings (SSSR count). The van der Waals surface area contributed by atoms with Gasteiger partial charge >= 0.3 is 0 Å². The third-order valence-corrected chi connectivity index (χ3v) is 10.4. The highest BCUT2D eigenvalue weighted by Crippen LogP contribution is 2.57. The van der Waals surface area contributed by atoms with E-state index in [4.69, 9.17) is 23.7 Å². The first-order valence-electron chi connectivity index (χ1n) is 18.3. The summed E-state index contributed by atoms with van der Waals surface area (Å²) in [4.78, 5) is 0. The summed E-state index contributed by atoms with van der Waals surface area (Å²) in [5.41, 5.74) is 7.45. The maximum atomic E-state index is 12.3. The SMILES string of the molecule is CCNCOc1cc(OCCNC)c2c3c1C(O)Nc1cc4c(c(c1-3)CC2)C(O)C(c1cc(OC)c(O)c(OCC(CO)Cc2ccccc2)c1)CO4. The number of phenolic OH excluding ortho intramolecular Hbond substituents is 1. The van der Waals surface area contributed by atoms with Gasteiger partial charge in [0.15, 0.2) is 17.7 Å². The van der Waals surface area contributed by atoms with E-state index in [0.29, 0.717) is 72.0 Å². The molecule has 12 nitrogen and oxygen atoms in total. The van der Waals surface area contributed by atoms with Crippen molar-refractivity contribution in [3.05, 3.63) is 88.0 Å². The fourth-order valence-electron chi connectivity index (χ4n) is 7.70. The molecule has 3 aliphatic rings. The first kappa shape index (κ1) is 36.6. The summed E-state index contributed by atoms with van der Waals surface area (Å²) in [6.45, 7) is 4.34. The van der Waals surface area contributed by atoms with Crippen LogP contribution in [0.15, 0.2) is 54.6 Å². The number of nitrogens with one attached hydrogen (secondary N) is 3. The largest absolute Gasteiger partial charge is 0.502 e. The smallest absolute Gasteiger partial charge is 0.200 e. The number of ether oxygens (including phenoxy) is 5. The van der Waals surface area contributed by atoms with Crippen molar-refractivity contribution >= 4 is 5.69 Å². The Bertz CT molecular complexity index is 1920. The number of hydrogen-bond acceptors (Lipinski definition) is 12. The zero-order chi connectivity index (χ0) is 37.1. The average Bonchev–Trinajstić information content (AvgIpc) is 3.17. The van der Waals surface area contributed by atoms with Gasteiger partial charge < -0.3 is 54.7 Å². The lowest BCUT2D eigenvalue weighted by Gasteiger charge is -2.39. The van der Waals surface area contributed by atoms with Crippen molar-refractivity contribution in [2.45, 2.75) is 44.4 Å². The van der Waals surface area contributed by atoms with Crippen LogP contribution in [0.1, 0.15) is 58.6 Å². The minimum absolute atomic E-state index is 0.0882. The number of rotatable bonds is 16. The topological polar surface area (TPSA) is 163 Å². The lowest BCUT2D eigenvalue weighted by molar-refractivity contribution is 0.0876. The van der Waals surface area contributed by atoms with Gasteiger partial charge in [-0.1, -0.05) is 37.3 Å². The molecule has 0 amide bonds. The fraction of sp³-hybridized carbons (Fsp3) is 0.415. The summed E-state index contributed by atoms with van der Waals surface area (Å²) in [7, 11) is 3.35. The molecule has 4 atom stereocenters. The summed E-state index contributed by atoms with van der Waals surface area (Å²) >= 11 is 0. The van der Waals surface area contributed by atoms with Gasteiger partial charge in [-0.3, -0.25) is 5.32 Å². The Kier molecular flexibility index (Phi) is 11.1. The third kappa shape index (κ3) is 7.17. The average molecular weight is 728 g/mol. The highest BCUT2D eigenvalue weighted by atomic mass is 16.5. The van der Waals surface area contributed by atoms with E-state index in [2.05, 4.69) is 16.0 Å². The van der Waals surface area contributed by atoms with Gasteiger partial charge in [-0.15, -0.1) is 0 Å². The number of phenols is 1. The van der Waals surface area contributed by atoms with Crippen LogP contribution in [0.2, 0.25) is 0 Å². The van der Waals surface area contributed by atoms with Crippen LogP contribution in [0.4, 0.5) is 5.69 Å². The maximum absolute atomic E-state index is 12.3. The second kappa shape index (κ2) is 16.1. The molecule has 4 aromatic carbocycles. The van der Waals surface area contributed by atoms with E-state index < -0.39 is 18.2 Å². The number of methoxy groups -OCH3 is 1. The summed E-state index contributed by atoms with van der Waals surface area (Å²) in [6, 6.07) is 17.0. The number of anilines is 1. The normalized spacial score (nSPS) is 18.6. The molecule has 53 heavy (non-hydrogen) atoms. The van der Waals surface area contributed by atoms with Gasteiger partial charge in [-0.2, -0.15) is 0 Å². The zero-order valence-corrected chi connectivity index (χ0v) is 30.4. The van der Waals surface area contributed by atoms with E-state index in [9.17, 15) is 20.4 Å². The Labute approximate surface area is 309 Å². The van der Waals surface area contributed by atoms with E-state index in [1.54, 1.807) is 12.1 Å². The van der Waals surface area contributed by atoms with Crippen LogP contribution in [0.25, 0.3) is 11.1 Å².